The summed E-state index contributed by atoms with van der Waals surface area (Å²) in [6.45, 7) is 1.57. The molecule has 0 N–H and O–H groups in total. The molecular weight excluding hydrogens is 266 g/mol. The average Bonchev–Trinajstić information content (AvgIpc) is 2.89. The van der Waals surface area contributed by atoms with Gasteiger partial charge in [0.2, 0.25) is 0 Å². The minimum Gasteiger partial charge on any atom is -0.493 e. The Labute approximate surface area is 127 Å². The topological polar surface area (TPSA) is 47.4 Å². The van der Waals surface area contributed by atoms with Crippen LogP contribution in [0.1, 0.15) is 49.0 Å². The van der Waals surface area contributed by atoms with Crippen LogP contribution in [-0.2, 0) is 6.54 Å². The molecule has 2 rings (SSSR count). The van der Waals surface area contributed by atoms with E-state index < -0.39 is 0 Å². The summed E-state index contributed by atoms with van der Waals surface area (Å²) in [7, 11) is 5.64. The highest BCUT2D eigenvalue weighted by molar-refractivity contribution is 5.97. The van der Waals surface area contributed by atoms with Crippen LogP contribution < -0.4 is 4.74 Å². The van der Waals surface area contributed by atoms with Crippen molar-refractivity contribution < 1.29 is 9.53 Å². The van der Waals surface area contributed by atoms with E-state index >= 15 is 0 Å². The number of hydrogen-bond acceptors (Lipinski definition) is 4. The molecule has 0 spiro atoms. The maximum atomic E-state index is 12.7. The van der Waals surface area contributed by atoms with E-state index in [4.69, 9.17) is 4.74 Å². The molecule has 0 saturated heterocycles. The summed E-state index contributed by atoms with van der Waals surface area (Å²) in [5.74, 6) is 1.32. The third kappa shape index (κ3) is 4.30. The Bertz CT molecular complexity index is 462. The third-order valence-electron chi connectivity index (χ3n) is 4.25. The van der Waals surface area contributed by atoms with Gasteiger partial charge in [0.25, 0.3) is 0 Å². The van der Waals surface area contributed by atoms with Crippen LogP contribution in [0.2, 0.25) is 0 Å². The molecule has 1 saturated carbocycles. The number of carbonyl (C=O) groups excluding carboxylic acids is 1. The van der Waals surface area contributed by atoms with Gasteiger partial charge in [0.1, 0.15) is 5.69 Å². The predicted octanol–water partition coefficient (Wildman–Crippen LogP) is 2.61. The standard InChI is InChI=1S/C16H27N3O2/c1-18(2)9-10-19-16(15(21-3)12-17-19)14(20)11-13-7-5-4-6-8-13/h12-13H,4-11H2,1-3H3. The Morgan fingerprint density at radius 3 is 2.71 bits per heavy atom. The molecule has 1 aromatic rings. The molecule has 118 valence electrons. The summed E-state index contributed by atoms with van der Waals surface area (Å²) in [6, 6.07) is 0. The zero-order valence-corrected chi connectivity index (χ0v) is 13.5. The molecule has 1 fully saturated rings. The number of aromatic nitrogens is 2. The van der Waals surface area contributed by atoms with E-state index in [9.17, 15) is 4.79 Å². The van der Waals surface area contributed by atoms with E-state index in [1.165, 1.54) is 32.1 Å². The minimum atomic E-state index is 0.176. The van der Waals surface area contributed by atoms with E-state index in [-0.39, 0.29) is 5.78 Å². The Morgan fingerprint density at radius 1 is 1.38 bits per heavy atom. The second kappa shape index (κ2) is 7.59. The summed E-state index contributed by atoms with van der Waals surface area (Å²) in [4.78, 5) is 14.8. The number of hydrogen-bond donors (Lipinski definition) is 0. The van der Waals surface area contributed by atoms with Crippen molar-refractivity contribution in [2.45, 2.75) is 45.1 Å². The molecule has 5 nitrogen and oxygen atoms in total. The van der Waals surface area contributed by atoms with Gasteiger partial charge in [0.05, 0.1) is 19.9 Å². The van der Waals surface area contributed by atoms with Crippen molar-refractivity contribution in [1.82, 2.24) is 14.7 Å². The smallest absolute Gasteiger partial charge is 0.184 e. The van der Waals surface area contributed by atoms with Crippen LogP contribution in [0, 0.1) is 5.92 Å². The first-order valence-electron chi connectivity index (χ1n) is 7.89. The van der Waals surface area contributed by atoms with Crippen molar-refractivity contribution >= 4 is 5.78 Å². The van der Waals surface area contributed by atoms with Gasteiger partial charge in [-0.25, -0.2) is 0 Å². The maximum absolute atomic E-state index is 12.7. The number of carbonyl (C=O) groups is 1. The molecule has 0 radical (unpaired) electrons. The first-order valence-corrected chi connectivity index (χ1v) is 7.89. The molecule has 0 aliphatic heterocycles. The monoisotopic (exact) mass is 293 g/mol. The van der Waals surface area contributed by atoms with Gasteiger partial charge in [-0.3, -0.25) is 9.48 Å². The predicted molar refractivity (Wildman–Crippen MR) is 82.9 cm³/mol. The van der Waals surface area contributed by atoms with Gasteiger partial charge in [0, 0.05) is 13.0 Å². The molecule has 0 atom stereocenters. The number of ketones is 1. The highest BCUT2D eigenvalue weighted by Gasteiger charge is 2.24. The maximum Gasteiger partial charge on any atom is 0.184 e. The Morgan fingerprint density at radius 2 is 2.10 bits per heavy atom. The van der Waals surface area contributed by atoms with E-state index in [0.29, 0.717) is 30.3 Å². The molecule has 0 unspecified atom stereocenters. The Balaban J connectivity index is 2.07. The lowest BCUT2D eigenvalue weighted by Gasteiger charge is -2.21. The first kappa shape index (κ1) is 16.0. The van der Waals surface area contributed by atoms with Crippen molar-refractivity contribution in [3.63, 3.8) is 0 Å². The molecular formula is C16H27N3O2. The molecule has 1 aliphatic rings. The molecule has 1 aliphatic carbocycles. The van der Waals surface area contributed by atoms with Crippen molar-refractivity contribution in [2.24, 2.45) is 5.92 Å². The van der Waals surface area contributed by atoms with E-state index in [1.807, 2.05) is 14.1 Å². The molecule has 0 aromatic carbocycles. The number of likely N-dealkylation sites (N-methyl/N-ethyl adjacent to an activating group) is 1. The highest BCUT2D eigenvalue weighted by atomic mass is 16.5. The summed E-state index contributed by atoms with van der Waals surface area (Å²) < 4.78 is 7.12. The van der Waals surface area contributed by atoms with Gasteiger partial charge in [-0.1, -0.05) is 32.1 Å². The molecule has 1 aromatic heterocycles. The fraction of sp³-hybridized carbons (Fsp3) is 0.750. The number of rotatable bonds is 7. The van der Waals surface area contributed by atoms with Crippen molar-refractivity contribution in [3.05, 3.63) is 11.9 Å². The fourth-order valence-electron chi connectivity index (χ4n) is 3.01. The van der Waals surface area contributed by atoms with Crippen molar-refractivity contribution in [3.8, 4) is 5.75 Å². The Kier molecular flexibility index (Phi) is 5.79. The van der Waals surface area contributed by atoms with E-state index in [2.05, 4.69) is 10.00 Å². The van der Waals surface area contributed by atoms with Gasteiger partial charge in [-0.05, 0) is 20.0 Å². The number of Topliss-reactive ketones (excluding diaryl/α,β-unsaturated/α-hetero) is 1. The largest absolute Gasteiger partial charge is 0.493 e. The summed E-state index contributed by atoms with van der Waals surface area (Å²) in [6.07, 6.45) is 8.48. The van der Waals surface area contributed by atoms with Crippen LogP contribution in [0.25, 0.3) is 0 Å². The lowest BCUT2D eigenvalue weighted by molar-refractivity contribution is 0.0935. The molecule has 0 amide bonds. The van der Waals surface area contributed by atoms with Crippen LogP contribution in [0.5, 0.6) is 5.75 Å². The zero-order chi connectivity index (χ0) is 15.2. The van der Waals surface area contributed by atoms with E-state index in [0.717, 1.165) is 6.54 Å². The lowest BCUT2D eigenvalue weighted by atomic mass is 9.85. The van der Waals surface area contributed by atoms with Crippen LogP contribution in [0.15, 0.2) is 6.20 Å². The first-order chi connectivity index (χ1) is 10.1. The molecule has 0 bridgehead atoms. The van der Waals surface area contributed by atoms with Crippen molar-refractivity contribution in [2.75, 3.05) is 27.7 Å². The molecule has 1 heterocycles. The fourth-order valence-corrected chi connectivity index (χ4v) is 3.01. The zero-order valence-electron chi connectivity index (χ0n) is 13.5. The highest BCUT2D eigenvalue weighted by Crippen LogP contribution is 2.29. The lowest BCUT2D eigenvalue weighted by Crippen LogP contribution is -2.22. The normalized spacial score (nSPS) is 16.4. The quantitative estimate of drug-likeness (QED) is 0.725. The van der Waals surface area contributed by atoms with Crippen molar-refractivity contribution in [1.29, 1.82) is 0 Å². The molecule has 21 heavy (non-hydrogen) atoms. The number of nitrogens with zero attached hydrogens (tertiary/aromatic N) is 3. The second-order valence-electron chi connectivity index (χ2n) is 6.22. The summed E-state index contributed by atoms with van der Waals surface area (Å²) in [5, 5.41) is 4.32. The van der Waals surface area contributed by atoms with Gasteiger partial charge in [-0.15, -0.1) is 0 Å². The minimum absolute atomic E-state index is 0.176. The van der Waals surface area contributed by atoms with Gasteiger partial charge < -0.3 is 9.64 Å². The summed E-state index contributed by atoms with van der Waals surface area (Å²) >= 11 is 0. The molecule has 5 heteroatoms. The van der Waals surface area contributed by atoms with Gasteiger partial charge in [-0.2, -0.15) is 5.10 Å². The van der Waals surface area contributed by atoms with Gasteiger partial charge in [0.15, 0.2) is 11.5 Å². The van der Waals surface area contributed by atoms with E-state index in [1.54, 1.807) is 18.0 Å². The Hall–Kier alpha value is -1.36. The number of ether oxygens (including phenoxy) is 1. The van der Waals surface area contributed by atoms with Crippen LogP contribution in [-0.4, -0.2) is 48.2 Å². The number of methoxy groups -OCH3 is 1. The third-order valence-corrected chi connectivity index (χ3v) is 4.25. The van der Waals surface area contributed by atoms with Crippen LogP contribution >= 0.6 is 0 Å². The van der Waals surface area contributed by atoms with Crippen LogP contribution in [0.4, 0.5) is 0 Å². The second-order valence-corrected chi connectivity index (χ2v) is 6.22. The van der Waals surface area contributed by atoms with Crippen LogP contribution in [0.3, 0.4) is 0 Å². The summed E-state index contributed by atoms with van der Waals surface area (Å²) in [5.41, 5.74) is 0.643. The average molecular weight is 293 g/mol. The van der Waals surface area contributed by atoms with Gasteiger partial charge >= 0.3 is 0 Å². The SMILES string of the molecule is COc1cnn(CCN(C)C)c1C(=O)CC1CCCCC1.